The van der Waals surface area contributed by atoms with Crippen LogP contribution in [0.15, 0.2) is 12.4 Å². The molecule has 1 amide bonds. The number of carbonyl (C=O) groups excluding carboxylic acids is 1. The second kappa shape index (κ2) is 6.30. The lowest BCUT2D eigenvalue weighted by atomic mass is 9.90. The highest BCUT2D eigenvalue weighted by molar-refractivity contribution is 5.91. The first-order chi connectivity index (χ1) is 8.44. The molecule has 0 bridgehead atoms. The Hall–Kier alpha value is -1.69. The van der Waals surface area contributed by atoms with Crippen LogP contribution >= 0.6 is 0 Å². The fourth-order valence-corrected chi connectivity index (χ4v) is 1.33. The van der Waals surface area contributed by atoms with Gasteiger partial charge in [0.05, 0.1) is 12.4 Å². The first-order valence-electron chi connectivity index (χ1n) is 5.79. The van der Waals surface area contributed by atoms with Gasteiger partial charge in [-0.3, -0.25) is 4.79 Å². The zero-order valence-electron chi connectivity index (χ0n) is 11.1. The van der Waals surface area contributed by atoms with E-state index in [1.54, 1.807) is 7.11 Å². The quantitative estimate of drug-likeness (QED) is 0.783. The summed E-state index contributed by atoms with van der Waals surface area (Å²) in [4.78, 5) is 19.5. The lowest BCUT2D eigenvalue weighted by Gasteiger charge is -2.24. The molecule has 6 nitrogen and oxygen atoms in total. The number of amides is 1. The molecule has 0 spiro atoms. The van der Waals surface area contributed by atoms with Crippen molar-refractivity contribution in [1.29, 1.82) is 0 Å². The number of anilines is 1. The molecule has 0 aromatic carbocycles. The van der Waals surface area contributed by atoms with Crippen molar-refractivity contribution in [3.63, 3.8) is 0 Å². The predicted molar refractivity (Wildman–Crippen MR) is 69.1 cm³/mol. The minimum Gasteiger partial charge on any atom is -0.385 e. The van der Waals surface area contributed by atoms with E-state index in [-0.39, 0.29) is 17.0 Å². The van der Waals surface area contributed by atoms with Crippen LogP contribution in [0.3, 0.4) is 0 Å². The first-order valence-corrected chi connectivity index (χ1v) is 5.79. The normalized spacial score (nSPS) is 11.3. The van der Waals surface area contributed by atoms with Crippen molar-refractivity contribution in [3.05, 3.63) is 18.1 Å². The summed E-state index contributed by atoms with van der Waals surface area (Å²) in [5.74, 6) is 0.0555. The topological polar surface area (TPSA) is 90.1 Å². The highest BCUT2D eigenvalue weighted by Gasteiger charge is 2.19. The van der Waals surface area contributed by atoms with E-state index < -0.39 is 0 Å². The van der Waals surface area contributed by atoms with E-state index in [1.165, 1.54) is 12.4 Å². The molecule has 0 radical (unpaired) electrons. The second-order valence-corrected chi connectivity index (χ2v) is 4.92. The SMILES string of the molecule is COCCC(C)(C)CNC(=O)c1cnc(N)cn1. The number of ether oxygens (including phenoxy) is 1. The highest BCUT2D eigenvalue weighted by atomic mass is 16.5. The number of rotatable bonds is 6. The number of nitrogens with two attached hydrogens (primary N) is 1. The Morgan fingerprint density at radius 1 is 1.44 bits per heavy atom. The zero-order chi connectivity index (χ0) is 13.6. The van der Waals surface area contributed by atoms with Gasteiger partial charge >= 0.3 is 0 Å². The van der Waals surface area contributed by atoms with Crippen LogP contribution in [0.2, 0.25) is 0 Å². The summed E-state index contributed by atoms with van der Waals surface area (Å²) in [6.07, 6.45) is 3.61. The van der Waals surface area contributed by atoms with E-state index in [0.29, 0.717) is 19.0 Å². The molecular formula is C12H20N4O2. The van der Waals surface area contributed by atoms with Crippen LogP contribution in [0.25, 0.3) is 0 Å². The summed E-state index contributed by atoms with van der Waals surface area (Å²) in [5.41, 5.74) is 5.65. The molecule has 18 heavy (non-hydrogen) atoms. The van der Waals surface area contributed by atoms with Crippen LogP contribution in [-0.4, -0.2) is 36.1 Å². The Labute approximate surface area is 107 Å². The van der Waals surface area contributed by atoms with Crippen molar-refractivity contribution < 1.29 is 9.53 Å². The maximum absolute atomic E-state index is 11.8. The highest BCUT2D eigenvalue weighted by Crippen LogP contribution is 2.18. The third kappa shape index (κ3) is 4.67. The molecule has 0 unspecified atom stereocenters. The van der Waals surface area contributed by atoms with E-state index in [1.807, 2.05) is 0 Å². The molecule has 0 saturated carbocycles. The Balaban J connectivity index is 2.48. The number of nitrogen functional groups attached to an aromatic ring is 1. The molecule has 0 fully saturated rings. The fraction of sp³-hybridized carbons (Fsp3) is 0.583. The largest absolute Gasteiger partial charge is 0.385 e. The lowest BCUT2D eigenvalue weighted by Crippen LogP contribution is -2.35. The molecule has 100 valence electrons. The van der Waals surface area contributed by atoms with Crippen molar-refractivity contribution in [3.8, 4) is 0 Å². The number of hydrogen-bond acceptors (Lipinski definition) is 5. The van der Waals surface area contributed by atoms with Gasteiger partial charge in [0, 0.05) is 20.3 Å². The summed E-state index contributed by atoms with van der Waals surface area (Å²) in [7, 11) is 1.67. The monoisotopic (exact) mass is 252 g/mol. The van der Waals surface area contributed by atoms with Crippen LogP contribution in [0, 0.1) is 5.41 Å². The Morgan fingerprint density at radius 3 is 2.72 bits per heavy atom. The summed E-state index contributed by atoms with van der Waals surface area (Å²) in [6.45, 7) is 5.37. The van der Waals surface area contributed by atoms with Gasteiger partial charge < -0.3 is 15.8 Å². The summed E-state index contributed by atoms with van der Waals surface area (Å²) in [5, 5.41) is 2.83. The van der Waals surface area contributed by atoms with E-state index in [2.05, 4.69) is 29.1 Å². The molecule has 6 heteroatoms. The van der Waals surface area contributed by atoms with Crippen LogP contribution in [-0.2, 0) is 4.74 Å². The fourth-order valence-electron chi connectivity index (χ4n) is 1.33. The van der Waals surface area contributed by atoms with Crippen LogP contribution in [0.1, 0.15) is 30.8 Å². The van der Waals surface area contributed by atoms with Crippen molar-refractivity contribution in [2.75, 3.05) is 26.0 Å². The van der Waals surface area contributed by atoms with E-state index in [4.69, 9.17) is 10.5 Å². The Kier molecular flexibility index (Phi) is 5.03. The number of methoxy groups -OCH3 is 1. The molecule has 1 heterocycles. The van der Waals surface area contributed by atoms with Gasteiger partial charge in [-0.25, -0.2) is 9.97 Å². The molecule has 0 aliphatic carbocycles. The van der Waals surface area contributed by atoms with Gasteiger partial charge in [0.1, 0.15) is 11.5 Å². The maximum atomic E-state index is 11.8. The summed E-state index contributed by atoms with van der Waals surface area (Å²) >= 11 is 0. The second-order valence-electron chi connectivity index (χ2n) is 4.92. The summed E-state index contributed by atoms with van der Waals surface area (Å²) in [6, 6.07) is 0. The molecular weight excluding hydrogens is 232 g/mol. The molecule has 0 aliphatic heterocycles. The van der Waals surface area contributed by atoms with E-state index in [9.17, 15) is 4.79 Å². The molecule has 0 atom stereocenters. The van der Waals surface area contributed by atoms with Crippen molar-refractivity contribution in [2.45, 2.75) is 20.3 Å². The number of nitrogens with one attached hydrogen (secondary N) is 1. The lowest BCUT2D eigenvalue weighted by molar-refractivity contribution is 0.0915. The van der Waals surface area contributed by atoms with Gasteiger partial charge in [-0.2, -0.15) is 0 Å². The van der Waals surface area contributed by atoms with Gasteiger partial charge in [-0.15, -0.1) is 0 Å². The van der Waals surface area contributed by atoms with Gasteiger partial charge in [-0.05, 0) is 11.8 Å². The van der Waals surface area contributed by atoms with Gasteiger partial charge in [-0.1, -0.05) is 13.8 Å². The summed E-state index contributed by atoms with van der Waals surface area (Å²) < 4.78 is 5.03. The minimum atomic E-state index is -0.243. The van der Waals surface area contributed by atoms with Crippen LogP contribution in [0.5, 0.6) is 0 Å². The Bertz CT molecular complexity index is 390. The molecule has 1 rings (SSSR count). The number of carbonyl (C=O) groups is 1. The smallest absolute Gasteiger partial charge is 0.271 e. The zero-order valence-corrected chi connectivity index (χ0v) is 11.1. The van der Waals surface area contributed by atoms with E-state index >= 15 is 0 Å². The average Bonchev–Trinajstić information content (AvgIpc) is 2.35. The van der Waals surface area contributed by atoms with Gasteiger partial charge in [0.15, 0.2) is 0 Å². The van der Waals surface area contributed by atoms with Crippen molar-refractivity contribution >= 4 is 11.7 Å². The first kappa shape index (κ1) is 14.4. The standard InChI is InChI=1S/C12H20N4O2/c1-12(2,4-5-18-3)8-16-11(17)9-6-15-10(13)7-14-9/h6-7H,4-5,8H2,1-3H3,(H2,13,15)(H,16,17). The van der Waals surface area contributed by atoms with Gasteiger partial charge in [0.25, 0.3) is 5.91 Å². The van der Waals surface area contributed by atoms with Crippen molar-refractivity contribution in [1.82, 2.24) is 15.3 Å². The molecule has 0 aliphatic rings. The van der Waals surface area contributed by atoms with Crippen molar-refractivity contribution in [2.24, 2.45) is 5.41 Å². The van der Waals surface area contributed by atoms with Gasteiger partial charge in [0.2, 0.25) is 0 Å². The van der Waals surface area contributed by atoms with Crippen LogP contribution in [0.4, 0.5) is 5.82 Å². The van der Waals surface area contributed by atoms with Crippen LogP contribution < -0.4 is 11.1 Å². The number of nitrogens with zero attached hydrogens (tertiary/aromatic N) is 2. The third-order valence-corrected chi connectivity index (χ3v) is 2.61. The van der Waals surface area contributed by atoms with E-state index in [0.717, 1.165) is 6.42 Å². The molecule has 1 aromatic heterocycles. The maximum Gasteiger partial charge on any atom is 0.271 e. The molecule has 3 N–H and O–H groups in total. The minimum absolute atomic E-state index is 0.0209. The number of hydrogen-bond donors (Lipinski definition) is 2. The molecule has 0 saturated heterocycles. The average molecular weight is 252 g/mol. The Morgan fingerprint density at radius 2 is 2.17 bits per heavy atom. The number of aromatic nitrogens is 2. The predicted octanol–water partition coefficient (Wildman–Crippen LogP) is 0.851. The third-order valence-electron chi connectivity index (χ3n) is 2.61. The molecule has 1 aromatic rings.